The summed E-state index contributed by atoms with van der Waals surface area (Å²) in [6, 6.07) is 11.3. The molecule has 0 aliphatic carbocycles. The molecule has 0 fully saturated rings. The number of aromatic nitrogens is 2. The lowest BCUT2D eigenvalue weighted by atomic mass is 10.2. The van der Waals surface area contributed by atoms with Gasteiger partial charge in [0.2, 0.25) is 5.13 Å². The van der Waals surface area contributed by atoms with Crippen LogP contribution in [0.5, 0.6) is 0 Å². The molecule has 118 valence electrons. The second-order valence-electron chi connectivity index (χ2n) is 4.52. The Hall–Kier alpha value is -1.39. The van der Waals surface area contributed by atoms with Crippen molar-refractivity contribution in [3.8, 4) is 0 Å². The minimum absolute atomic E-state index is 0.0895. The molecule has 2 heterocycles. The topological polar surface area (TPSA) is 68.0 Å². The molecule has 0 atom stereocenters. The molecule has 0 unspecified atom stereocenters. The fourth-order valence-corrected chi connectivity index (χ4v) is 3.76. The molecule has 0 aliphatic heterocycles. The molecule has 0 aliphatic rings. The summed E-state index contributed by atoms with van der Waals surface area (Å²) in [5.41, 5.74) is 0.721. The molecule has 0 saturated heterocycles. The first-order valence-corrected chi connectivity index (χ1v) is 9.60. The molecule has 3 rings (SSSR count). The Balaban J connectivity index is 1.50. The monoisotopic (exact) mass is 457 g/mol. The summed E-state index contributed by atoms with van der Waals surface area (Å²) in [5.74, 6) is 1.28. The van der Waals surface area contributed by atoms with Crippen molar-refractivity contribution < 1.29 is 9.21 Å². The molecule has 0 amide bonds. The van der Waals surface area contributed by atoms with E-state index in [-0.39, 0.29) is 5.78 Å². The van der Waals surface area contributed by atoms with Crippen molar-refractivity contribution in [2.75, 3.05) is 11.1 Å². The summed E-state index contributed by atoms with van der Waals surface area (Å²) in [5, 5.41) is 12.0. The molecular formula is C15H12IN3O2S2. The number of carbonyl (C=O) groups is 1. The largest absolute Gasteiger partial charge is 0.467 e. The van der Waals surface area contributed by atoms with E-state index in [9.17, 15) is 4.79 Å². The van der Waals surface area contributed by atoms with E-state index < -0.39 is 0 Å². The average molecular weight is 457 g/mol. The minimum atomic E-state index is 0.0895. The number of ketones is 1. The second-order valence-corrected chi connectivity index (χ2v) is 7.97. The highest BCUT2D eigenvalue weighted by Crippen LogP contribution is 2.26. The van der Waals surface area contributed by atoms with E-state index in [0.717, 1.165) is 19.2 Å². The number of thioether (sulfide) groups is 1. The van der Waals surface area contributed by atoms with E-state index in [1.165, 1.54) is 23.1 Å². The van der Waals surface area contributed by atoms with Crippen molar-refractivity contribution in [2.24, 2.45) is 0 Å². The predicted octanol–water partition coefficient (Wildman–Crippen LogP) is 4.32. The Bertz CT molecular complexity index is 772. The first-order chi connectivity index (χ1) is 11.2. The molecule has 0 saturated carbocycles. The normalized spacial score (nSPS) is 10.7. The van der Waals surface area contributed by atoms with Gasteiger partial charge >= 0.3 is 0 Å². The summed E-state index contributed by atoms with van der Waals surface area (Å²) < 4.78 is 7.13. The molecule has 0 radical (unpaired) electrons. The molecular weight excluding hydrogens is 445 g/mol. The smallest absolute Gasteiger partial charge is 0.206 e. The van der Waals surface area contributed by atoms with Crippen molar-refractivity contribution in [1.82, 2.24) is 10.2 Å². The zero-order chi connectivity index (χ0) is 16.1. The first kappa shape index (κ1) is 16.5. The van der Waals surface area contributed by atoms with E-state index in [0.29, 0.717) is 17.4 Å². The van der Waals surface area contributed by atoms with Crippen LogP contribution in [-0.4, -0.2) is 21.7 Å². The Kier molecular flexibility index (Phi) is 5.68. The van der Waals surface area contributed by atoms with Crippen molar-refractivity contribution in [1.29, 1.82) is 0 Å². The van der Waals surface area contributed by atoms with Gasteiger partial charge in [0.05, 0.1) is 18.6 Å². The number of anilines is 1. The lowest BCUT2D eigenvalue weighted by molar-refractivity contribution is 0.102. The fraction of sp³-hybridized carbons (Fsp3) is 0.133. The minimum Gasteiger partial charge on any atom is -0.467 e. The van der Waals surface area contributed by atoms with Crippen molar-refractivity contribution >= 4 is 56.6 Å². The zero-order valence-electron chi connectivity index (χ0n) is 11.9. The van der Waals surface area contributed by atoms with Crippen LogP contribution < -0.4 is 5.32 Å². The van der Waals surface area contributed by atoms with Crippen LogP contribution in [0.25, 0.3) is 0 Å². The Morgan fingerprint density at radius 2 is 2.09 bits per heavy atom. The van der Waals surface area contributed by atoms with Gasteiger partial charge in [-0.3, -0.25) is 4.79 Å². The van der Waals surface area contributed by atoms with E-state index in [1.807, 2.05) is 36.4 Å². The molecule has 0 spiro atoms. The summed E-state index contributed by atoms with van der Waals surface area (Å²) in [4.78, 5) is 12.1. The lowest BCUT2D eigenvalue weighted by Crippen LogP contribution is -2.01. The van der Waals surface area contributed by atoms with Gasteiger partial charge in [-0.2, -0.15) is 0 Å². The molecule has 1 N–H and O–H groups in total. The van der Waals surface area contributed by atoms with Crippen LogP contribution in [0.1, 0.15) is 16.1 Å². The van der Waals surface area contributed by atoms with Crippen LogP contribution in [-0.2, 0) is 6.54 Å². The highest BCUT2D eigenvalue weighted by Gasteiger charge is 2.10. The van der Waals surface area contributed by atoms with Gasteiger partial charge in [-0.15, -0.1) is 10.2 Å². The van der Waals surface area contributed by atoms with Gasteiger partial charge in [0.25, 0.3) is 0 Å². The molecule has 8 heteroatoms. The van der Waals surface area contributed by atoms with Gasteiger partial charge in [0.15, 0.2) is 10.1 Å². The highest BCUT2D eigenvalue weighted by atomic mass is 127. The second kappa shape index (κ2) is 7.93. The highest BCUT2D eigenvalue weighted by molar-refractivity contribution is 14.1. The van der Waals surface area contributed by atoms with E-state index in [4.69, 9.17) is 4.42 Å². The summed E-state index contributed by atoms with van der Waals surface area (Å²) in [6.45, 7) is 0.563. The maximum atomic E-state index is 12.1. The summed E-state index contributed by atoms with van der Waals surface area (Å²) in [7, 11) is 0. The number of rotatable bonds is 7. The van der Waals surface area contributed by atoms with E-state index in [2.05, 4.69) is 38.1 Å². The van der Waals surface area contributed by atoms with Crippen LogP contribution in [0.15, 0.2) is 51.4 Å². The quantitative estimate of drug-likeness (QED) is 0.324. The van der Waals surface area contributed by atoms with Gasteiger partial charge in [-0.05, 0) is 46.9 Å². The number of carbonyl (C=O) groups excluding carboxylic acids is 1. The maximum absolute atomic E-state index is 12.1. The van der Waals surface area contributed by atoms with Gasteiger partial charge in [0.1, 0.15) is 5.76 Å². The number of hydrogen-bond acceptors (Lipinski definition) is 7. The number of nitrogens with zero attached hydrogens (tertiary/aromatic N) is 2. The van der Waals surface area contributed by atoms with E-state index >= 15 is 0 Å². The molecule has 5 nitrogen and oxygen atoms in total. The molecule has 0 bridgehead atoms. The molecule has 1 aromatic carbocycles. The molecule has 3 aromatic rings. The average Bonchev–Trinajstić information content (AvgIpc) is 3.23. The van der Waals surface area contributed by atoms with Gasteiger partial charge < -0.3 is 9.73 Å². The number of halogens is 1. The van der Waals surface area contributed by atoms with Crippen molar-refractivity contribution in [3.63, 3.8) is 0 Å². The van der Waals surface area contributed by atoms with Gasteiger partial charge in [-0.25, -0.2) is 0 Å². The molecule has 23 heavy (non-hydrogen) atoms. The third kappa shape index (κ3) is 4.79. The third-order valence-electron chi connectivity index (χ3n) is 2.89. The lowest BCUT2D eigenvalue weighted by Gasteiger charge is -1.99. The van der Waals surface area contributed by atoms with Crippen LogP contribution in [0.4, 0.5) is 5.13 Å². The standard InChI is InChI=1S/C15H12IN3O2S2/c16-11-5-3-10(4-6-11)13(20)9-22-15-19-18-14(23-15)17-8-12-2-1-7-21-12/h1-7H,8-9H2,(H,17,18). The van der Waals surface area contributed by atoms with E-state index in [1.54, 1.807) is 6.26 Å². The molecule has 2 aromatic heterocycles. The van der Waals surface area contributed by atoms with Crippen LogP contribution >= 0.6 is 45.7 Å². The Morgan fingerprint density at radius 1 is 1.26 bits per heavy atom. The van der Waals surface area contributed by atoms with Crippen LogP contribution in [0.2, 0.25) is 0 Å². The van der Waals surface area contributed by atoms with Gasteiger partial charge in [-0.1, -0.05) is 35.2 Å². The Morgan fingerprint density at radius 3 is 2.83 bits per heavy atom. The van der Waals surface area contributed by atoms with Gasteiger partial charge in [0, 0.05) is 9.13 Å². The Labute approximate surface area is 155 Å². The number of nitrogens with one attached hydrogen (secondary N) is 1. The maximum Gasteiger partial charge on any atom is 0.206 e. The van der Waals surface area contributed by atoms with Crippen LogP contribution in [0.3, 0.4) is 0 Å². The number of benzene rings is 1. The number of hydrogen-bond donors (Lipinski definition) is 1. The fourth-order valence-electron chi connectivity index (χ4n) is 1.76. The zero-order valence-corrected chi connectivity index (χ0v) is 15.7. The first-order valence-electron chi connectivity index (χ1n) is 6.72. The van der Waals surface area contributed by atoms with Crippen molar-refractivity contribution in [2.45, 2.75) is 10.9 Å². The van der Waals surface area contributed by atoms with Crippen LogP contribution in [0, 0.1) is 3.57 Å². The SMILES string of the molecule is O=C(CSc1nnc(NCc2ccco2)s1)c1ccc(I)cc1. The number of Topliss-reactive ketones (excluding diaryl/α,β-unsaturated/α-hetero) is 1. The number of furan rings is 1. The summed E-state index contributed by atoms with van der Waals surface area (Å²) >= 11 is 5.05. The predicted molar refractivity (Wildman–Crippen MR) is 100 cm³/mol. The van der Waals surface area contributed by atoms with Crippen molar-refractivity contribution in [3.05, 3.63) is 57.6 Å². The summed E-state index contributed by atoms with van der Waals surface area (Å²) in [6.07, 6.45) is 1.63. The third-order valence-corrected chi connectivity index (χ3v) is 5.63.